The van der Waals surface area contributed by atoms with Gasteiger partial charge >= 0.3 is 5.97 Å². The van der Waals surface area contributed by atoms with Crippen LogP contribution >= 0.6 is 27.5 Å². The van der Waals surface area contributed by atoms with Crippen molar-refractivity contribution in [3.8, 4) is 0 Å². The van der Waals surface area contributed by atoms with E-state index in [1.807, 2.05) is 0 Å². The number of aliphatic carboxylic acids is 1. The summed E-state index contributed by atoms with van der Waals surface area (Å²) in [6.45, 7) is 0. The van der Waals surface area contributed by atoms with E-state index in [0.29, 0.717) is 20.7 Å². The molecule has 0 spiro atoms. The van der Waals surface area contributed by atoms with E-state index < -0.39 is 5.97 Å². The van der Waals surface area contributed by atoms with E-state index in [2.05, 4.69) is 15.9 Å². The van der Waals surface area contributed by atoms with Crippen molar-refractivity contribution in [2.45, 2.75) is 6.42 Å². The minimum absolute atomic E-state index is 0.0995. The van der Waals surface area contributed by atoms with E-state index >= 15 is 0 Å². The van der Waals surface area contributed by atoms with Gasteiger partial charge in [-0.3, -0.25) is 4.79 Å². The quantitative estimate of drug-likeness (QED) is 0.806. The molecule has 1 aromatic carbocycles. The van der Waals surface area contributed by atoms with E-state index in [-0.39, 0.29) is 6.42 Å². The summed E-state index contributed by atoms with van der Waals surface area (Å²) in [6, 6.07) is 3.23. The SMILES string of the molecule is Nc1ccc(CC(=O)O)c(Cl)c1Br. The number of carbonyl (C=O) groups is 1. The van der Waals surface area contributed by atoms with Gasteiger partial charge in [0.2, 0.25) is 0 Å². The Bertz CT molecular complexity index is 354. The summed E-state index contributed by atoms with van der Waals surface area (Å²) in [5.41, 5.74) is 6.59. The van der Waals surface area contributed by atoms with Gasteiger partial charge in [0, 0.05) is 5.69 Å². The van der Waals surface area contributed by atoms with Gasteiger partial charge in [0.25, 0.3) is 0 Å². The molecule has 5 heteroatoms. The number of rotatable bonds is 2. The summed E-state index contributed by atoms with van der Waals surface area (Å²) in [4.78, 5) is 10.4. The third kappa shape index (κ3) is 2.35. The molecule has 0 aliphatic rings. The second-order valence-electron chi connectivity index (χ2n) is 2.51. The molecule has 0 unspecified atom stereocenters. The van der Waals surface area contributed by atoms with Gasteiger partial charge in [0.05, 0.1) is 15.9 Å². The number of carboxylic acid groups (broad SMARTS) is 1. The van der Waals surface area contributed by atoms with E-state index in [9.17, 15) is 4.79 Å². The minimum atomic E-state index is -0.918. The fourth-order valence-electron chi connectivity index (χ4n) is 0.904. The number of hydrogen-bond acceptors (Lipinski definition) is 2. The van der Waals surface area contributed by atoms with Gasteiger partial charge < -0.3 is 10.8 Å². The van der Waals surface area contributed by atoms with Crippen molar-refractivity contribution >= 4 is 39.2 Å². The molecule has 0 aromatic heterocycles. The van der Waals surface area contributed by atoms with Gasteiger partial charge in [-0.25, -0.2) is 0 Å². The highest BCUT2D eigenvalue weighted by Gasteiger charge is 2.09. The smallest absolute Gasteiger partial charge is 0.307 e. The highest BCUT2D eigenvalue weighted by atomic mass is 79.9. The largest absolute Gasteiger partial charge is 0.481 e. The molecule has 0 saturated heterocycles. The molecule has 13 heavy (non-hydrogen) atoms. The van der Waals surface area contributed by atoms with Crippen LogP contribution in [0, 0.1) is 0 Å². The van der Waals surface area contributed by atoms with E-state index in [1.54, 1.807) is 12.1 Å². The van der Waals surface area contributed by atoms with E-state index in [0.717, 1.165) is 0 Å². The Hall–Kier alpha value is -0.740. The first-order chi connectivity index (χ1) is 6.02. The number of carboxylic acids is 1. The first-order valence-electron chi connectivity index (χ1n) is 3.46. The Kier molecular flexibility index (Phi) is 3.17. The van der Waals surface area contributed by atoms with E-state index in [4.69, 9.17) is 22.4 Å². The molecule has 3 nitrogen and oxygen atoms in total. The average molecular weight is 265 g/mol. The van der Waals surface area contributed by atoms with Crippen molar-refractivity contribution in [1.82, 2.24) is 0 Å². The molecular weight excluding hydrogens is 257 g/mol. The molecule has 1 rings (SSSR count). The fourth-order valence-corrected chi connectivity index (χ4v) is 1.53. The Labute approximate surface area is 88.6 Å². The highest BCUT2D eigenvalue weighted by Crippen LogP contribution is 2.31. The molecule has 0 bridgehead atoms. The molecule has 0 amide bonds. The lowest BCUT2D eigenvalue weighted by atomic mass is 10.1. The molecule has 0 heterocycles. The lowest BCUT2D eigenvalue weighted by Gasteiger charge is -2.05. The Morgan fingerprint density at radius 1 is 1.62 bits per heavy atom. The Balaban J connectivity index is 3.10. The molecule has 70 valence electrons. The summed E-state index contributed by atoms with van der Waals surface area (Å²) in [5.74, 6) is -0.918. The second-order valence-corrected chi connectivity index (χ2v) is 3.68. The first-order valence-corrected chi connectivity index (χ1v) is 4.63. The zero-order valence-electron chi connectivity index (χ0n) is 6.55. The summed E-state index contributed by atoms with van der Waals surface area (Å²) in [6.07, 6.45) is -0.0995. The highest BCUT2D eigenvalue weighted by molar-refractivity contribution is 9.10. The molecule has 0 atom stereocenters. The van der Waals surface area contributed by atoms with Gasteiger partial charge in [0.15, 0.2) is 0 Å². The van der Waals surface area contributed by atoms with Gasteiger partial charge in [-0.1, -0.05) is 17.7 Å². The van der Waals surface area contributed by atoms with Crippen LogP contribution in [-0.2, 0) is 11.2 Å². The number of nitrogens with two attached hydrogens (primary N) is 1. The maximum absolute atomic E-state index is 10.4. The molecule has 1 aromatic rings. The van der Waals surface area contributed by atoms with Crippen LogP contribution in [-0.4, -0.2) is 11.1 Å². The minimum Gasteiger partial charge on any atom is -0.481 e. The van der Waals surface area contributed by atoms with Crippen molar-refractivity contribution in [1.29, 1.82) is 0 Å². The predicted octanol–water partition coefficient (Wildman–Crippen LogP) is 2.31. The lowest BCUT2D eigenvalue weighted by molar-refractivity contribution is -0.136. The first kappa shape index (κ1) is 10.3. The van der Waals surface area contributed by atoms with Crippen molar-refractivity contribution in [3.05, 3.63) is 27.2 Å². The molecule has 0 aliphatic heterocycles. The van der Waals surface area contributed by atoms with Crippen molar-refractivity contribution in [2.75, 3.05) is 5.73 Å². The van der Waals surface area contributed by atoms with Crippen LogP contribution in [0.1, 0.15) is 5.56 Å². The third-order valence-electron chi connectivity index (χ3n) is 1.53. The Morgan fingerprint density at radius 3 is 2.77 bits per heavy atom. The molecule has 3 N–H and O–H groups in total. The monoisotopic (exact) mass is 263 g/mol. The van der Waals surface area contributed by atoms with Crippen LogP contribution in [0.15, 0.2) is 16.6 Å². The number of hydrogen-bond donors (Lipinski definition) is 2. The summed E-state index contributed by atoms with van der Waals surface area (Å²) < 4.78 is 0.549. The standard InChI is InChI=1S/C8H7BrClNO2/c9-7-5(11)2-1-4(8(7)10)3-6(12)13/h1-2H,3,11H2,(H,12,13). The molecule has 0 radical (unpaired) electrons. The fraction of sp³-hybridized carbons (Fsp3) is 0.125. The third-order valence-corrected chi connectivity index (χ3v) is 3.05. The molecular formula is C8H7BrClNO2. The number of halogens is 2. The van der Waals surface area contributed by atoms with E-state index in [1.165, 1.54) is 0 Å². The summed E-state index contributed by atoms with van der Waals surface area (Å²) in [7, 11) is 0. The van der Waals surface area contributed by atoms with Crippen LogP contribution in [0.2, 0.25) is 5.02 Å². The van der Waals surface area contributed by atoms with Crippen molar-refractivity contribution < 1.29 is 9.90 Å². The van der Waals surface area contributed by atoms with Crippen LogP contribution in [0.4, 0.5) is 5.69 Å². The van der Waals surface area contributed by atoms with Crippen LogP contribution < -0.4 is 5.73 Å². The number of anilines is 1. The van der Waals surface area contributed by atoms with Crippen molar-refractivity contribution in [3.63, 3.8) is 0 Å². The second kappa shape index (κ2) is 3.98. The topological polar surface area (TPSA) is 63.3 Å². The van der Waals surface area contributed by atoms with Gasteiger partial charge in [-0.2, -0.15) is 0 Å². The maximum atomic E-state index is 10.4. The molecule has 0 saturated carbocycles. The predicted molar refractivity (Wildman–Crippen MR) is 54.9 cm³/mol. The number of benzene rings is 1. The van der Waals surface area contributed by atoms with Crippen LogP contribution in [0.5, 0.6) is 0 Å². The lowest BCUT2D eigenvalue weighted by Crippen LogP contribution is -2.01. The zero-order chi connectivity index (χ0) is 10.0. The molecule has 0 aliphatic carbocycles. The summed E-state index contributed by atoms with van der Waals surface area (Å²) in [5, 5.41) is 8.91. The van der Waals surface area contributed by atoms with Crippen molar-refractivity contribution in [2.24, 2.45) is 0 Å². The normalized spacial score (nSPS) is 10.0. The average Bonchev–Trinajstić information content (AvgIpc) is 2.06. The number of nitrogen functional groups attached to an aromatic ring is 1. The summed E-state index contributed by atoms with van der Waals surface area (Å²) >= 11 is 9.02. The van der Waals surface area contributed by atoms with Gasteiger partial charge in [0.1, 0.15) is 0 Å². The Morgan fingerprint density at radius 2 is 2.23 bits per heavy atom. The zero-order valence-corrected chi connectivity index (χ0v) is 8.89. The van der Waals surface area contributed by atoms with Gasteiger partial charge in [-0.15, -0.1) is 0 Å². The van der Waals surface area contributed by atoms with Crippen LogP contribution in [0.25, 0.3) is 0 Å². The molecule has 0 fully saturated rings. The van der Waals surface area contributed by atoms with Crippen LogP contribution in [0.3, 0.4) is 0 Å². The maximum Gasteiger partial charge on any atom is 0.307 e. The van der Waals surface area contributed by atoms with Gasteiger partial charge in [-0.05, 0) is 27.6 Å².